The molecule has 1 atom stereocenters. The summed E-state index contributed by atoms with van der Waals surface area (Å²) in [5.41, 5.74) is 0.264. The maximum atomic E-state index is 14.7. The van der Waals surface area contributed by atoms with Crippen LogP contribution in [0.1, 0.15) is 43.2 Å². The lowest BCUT2D eigenvalue weighted by Crippen LogP contribution is -2.56. The zero-order valence-electron chi connectivity index (χ0n) is 18.3. The summed E-state index contributed by atoms with van der Waals surface area (Å²) in [7, 11) is 0. The molecule has 2 heterocycles. The number of carbonyl (C=O) groups is 2. The number of amides is 2. The Hall–Kier alpha value is -2.73. The highest BCUT2D eigenvalue weighted by Crippen LogP contribution is 2.45. The Morgan fingerprint density at radius 3 is 2.44 bits per heavy atom. The highest BCUT2D eigenvalue weighted by molar-refractivity contribution is 5.89. The minimum Gasteiger partial charge on any atom is -0.361 e. The zero-order valence-corrected chi connectivity index (χ0v) is 18.3. The Morgan fingerprint density at radius 1 is 0.969 bits per heavy atom. The van der Waals surface area contributed by atoms with Crippen LogP contribution in [0.3, 0.4) is 0 Å². The largest absolute Gasteiger partial charge is 0.361 e. The number of nitrogens with zero attached hydrogens (tertiary/aromatic N) is 2. The molecular formula is C26H29FN2O3. The molecule has 0 unspecified atom stereocenters. The SMILES string of the molecule is O=C1CO[C@@]2(CCN(C(=O)C3(c4ccccc4F)CCCC3)C2)CN1Cc1ccccc1. The highest BCUT2D eigenvalue weighted by Gasteiger charge is 2.52. The van der Waals surface area contributed by atoms with E-state index in [-0.39, 0.29) is 24.2 Å². The van der Waals surface area contributed by atoms with Crippen molar-refractivity contribution in [2.75, 3.05) is 26.2 Å². The van der Waals surface area contributed by atoms with E-state index in [2.05, 4.69) is 0 Å². The molecule has 5 rings (SSSR count). The quantitative estimate of drug-likeness (QED) is 0.735. The third-order valence-corrected chi connectivity index (χ3v) is 7.41. The van der Waals surface area contributed by atoms with Gasteiger partial charge in [-0.25, -0.2) is 4.39 Å². The van der Waals surface area contributed by atoms with E-state index in [1.165, 1.54) is 6.07 Å². The fourth-order valence-corrected chi connectivity index (χ4v) is 5.73. The molecule has 1 saturated carbocycles. The molecule has 1 spiro atoms. The van der Waals surface area contributed by atoms with Crippen LogP contribution in [0.2, 0.25) is 0 Å². The maximum Gasteiger partial charge on any atom is 0.249 e. The van der Waals surface area contributed by atoms with E-state index in [9.17, 15) is 14.0 Å². The van der Waals surface area contributed by atoms with Gasteiger partial charge in [0.2, 0.25) is 11.8 Å². The Kier molecular flexibility index (Phi) is 5.49. The van der Waals surface area contributed by atoms with Gasteiger partial charge in [0.25, 0.3) is 0 Å². The van der Waals surface area contributed by atoms with Crippen molar-refractivity contribution in [3.63, 3.8) is 0 Å². The molecule has 6 heteroatoms. The second kappa shape index (κ2) is 8.32. The molecule has 2 aromatic carbocycles. The molecule has 2 amide bonds. The molecule has 3 fully saturated rings. The van der Waals surface area contributed by atoms with Crippen LogP contribution >= 0.6 is 0 Å². The molecule has 2 aromatic rings. The van der Waals surface area contributed by atoms with Gasteiger partial charge in [0.05, 0.1) is 18.5 Å². The molecular weight excluding hydrogens is 407 g/mol. The van der Waals surface area contributed by atoms with Crippen molar-refractivity contribution >= 4 is 11.8 Å². The van der Waals surface area contributed by atoms with Gasteiger partial charge in [-0.05, 0) is 30.9 Å². The van der Waals surface area contributed by atoms with E-state index >= 15 is 0 Å². The maximum absolute atomic E-state index is 14.7. The Labute approximate surface area is 188 Å². The fraction of sp³-hybridized carbons (Fsp3) is 0.462. The van der Waals surface area contributed by atoms with Crippen LogP contribution in [-0.4, -0.2) is 53.5 Å². The van der Waals surface area contributed by atoms with Crippen LogP contribution < -0.4 is 0 Å². The molecule has 168 valence electrons. The van der Waals surface area contributed by atoms with E-state index in [1.807, 2.05) is 46.2 Å². The highest BCUT2D eigenvalue weighted by atomic mass is 19.1. The summed E-state index contributed by atoms with van der Waals surface area (Å²) >= 11 is 0. The molecule has 2 saturated heterocycles. The van der Waals surface area contributed by atoms with Gasteiger partial charge in [-0.15, -0.1) is 0 Å². The molecule has 1 aliphatic carbocycles. The van der Waals surface area contributed by atoms with Crippen molar-refractivity contribution in [2.45, 2.75) is 49.7 Å². The Morgan fingerprint density at radius 2 is 1.69 bits per heavy atom. The van der Waals surface area contributed by atoms with Gasteiger partial charge >= 0.3 is 0 Å². The van der Waals surface area contributed by atoms with Crippen LogP contribution in [0.15, 0.2) is 54.6 Å². The van der Waals surface area contributed by atoms with Gasteiger partial charge in [0, 0.05) is 18.7 Å². The van der Waals surface area contributed by atoms with Crippen LogP contribution in [-0.2, 0) is 26.3 Å². The third kappa shape index (κ3) is 3.71. The predicted molar refractivity (Wildman–Crippen MR) is 118 cm³/mol. The number of hydrogen-bond acceptors (Lipinski definition) is 3. The van der Waals surface area contributed by atoms with Gasteiger partial charge in [-0.2, -0.15) is 0 Å². The smallest absolute Gasteiger partial charge is 0.249 e. The number of morpholine rings is 1. The van der Waals surface area contributed by atoms with Crippen molar-refractivity contribution in [1.29, 1.82) is 0 Å². The summed E-state index contributed by atoms with van der Waals surface area (Å²) in [4.78, 5) is 30.0. The molecule has 0 radical (unpaired) electrons. The van der Waals surface area contributed by atoms with Crippen LogP contribution in [0.5, 0.6) is 0 Å². The third-order valence-electron chi connectivity index (χ3n) is 7.41. The molecule has 2 aliphatic heterocycles. The summed E-state index contributed by atoms with van der Waals surface area (Å²) in [6.07, 6.45) is 3.89. The van der Waals surface area contributed by atoms with Gasteiger partial charge < -0.3 is 14.5 Å². The normalized spacial score (nSPS) is 25.0. The predicted octanol–water partition coefficient (Wildman–Crippen LogP) is 3.67. The summed E-state index contributed by atoms with van der Waals surface area (Å²) in [6.45, 7) is 2.06. The van der Waals surface area contributed by atoms with Crippen molar-refractivity contribution in [3.05, 3.63) is 71.5 Å². The van der Waals surface area contributed by atoms with Gasteiger partial charge in [0.1, 0.15) is 18.0 Å². The topological polar surface area (TPSA) is 49.9 Å². The lowest BCUT2D eigenvalue weighted by atomic mass is 9.77. The lowest BCUT2D eigenvalue weighted by molar-refractivity contribution is -0.163. The Balaban J connectivity index is 1.34. The number of likely N-dealkylation sites (tertiary alicyclic amines) is 1. The molecule has 5 nitrogen and oxygen atoms in total. The first-order chi connectivity index (χ1) is 15.5. The van der Waals surface area contributed by atoms with Crippen LogP contribution in [0, 0.1) is 5.82 Å². The van der Waals surface area contributed by atoms with E-state index in [0.717, 1.165) is 18.4 Å². The fourth-order valence-electron chi connectivity index (χ4n) is 5.73. The minimum atomic E-state index is -0.787. The second-order valence-electron chi connectivity index (χ2n) is 9.45. The summed E-state index contributed by atoms with van der Waals surface area (Å²) in [6, 6.07) is 16.6. The zero-order chi connectivity index (χ0) is 22.2. The van der Waals surface area contributed by atoms with E-state index in [1.54, 1.807) is 12.1 Å². The average Bonchev–Trinajstić information content (AvgIpc) is 3.46. The van der Waals surface area contributed by atoms with Gasteiger partial charge in [0.15, 0.2) is 0 Å². The first-order valence-electron chi connectivity index (χ1n) is 11.5. The number of benzene rings is 2. The van der Waals surface area contributed by atoms with Gasteiger partial charge in [-0.1, -0.05) is 61.4 Å². The summed E-state index contributed by atoms with van der Waals surface area (Å²) < 4.78 is 20.8. The molecule has 0 bridgehead atoms. The van der Waals surface area contributed by atoms with E-state index in [0.29, 0.717) is 51.0 Å². The van der Waals surface area contributed by atoms with Crippen molar-refractivity contribution in [1.82, 2.24) is 9.80 Å². The second-order valence-corrected chi connectivity index (χ2v) is 9.45. The summed E-state index contributed by atoms with van der Waals surface area (Å²) in [5.74, 6) is -0.319. The number of halogens is 1. The Bertz CT molecular complexity index is 1010. The lowest BCUT2D eigenvalue weighted by Gasteiger charge is -2.40. The molecule has 0 aromatic heterocycles. The number of carbonyl (C=O) groups excluding carboxylic acids is 2. The standard InChI is InChI=1S/C26H29FN2O3/c27-22-11-5-4-10-21(22)26(12-6-7-13-26)24(31)28-15-14-25(18-28)19-29(23(30)17-32-25)16-20-8-2-1-3-9-20/h1-5,8-11H,6-7,12-19H2/t25-/m1/s1. The van der Waals surface area contributed by atoms with Crippen LogP contribution in [0.4, 0.5) is 4.39 Å². The first-order valence-corrected chi connectivity index (χ1v) is 11.5. The summed E-state index contributed by atoms with van der Waals surface area (Å²) in [5, 5.41) is 0. The molecule has 3 aliphatic rings. The molecule has 0 N–H and O–H groups in total. The average molecular weight is 437 g/mol. The van der Waals surface area contributed by atoms with Crippen molar-refractivity contribution < 1.29 is 18.7 Å². The van der Waals surface area contributed by atoms with E-state index < -0.39 is 11.0 Å². The molecule has 32 heavy (non-hydrogen) atoms. The first kappa shape index (κ1) is 21.1. The van der Waals surface area contributed by atoms with Crippen LogP contribution in [0.25, 0.3) is 0 Å². The number of ether oxygens (including phenoxy) is 1. The minimum absolute atomic E-state index is 0.00656. The van der Waals surface area contributed by atoms with E-state index in [4.69, 9.17) is 4.74 Å². The van der Waals surface area contributed by atoms with Gasteiger partial charge in [-0.3, -0.25) is 9.59 Å². The number of rotatable bonds is 4. The van der Waals surface area contributed by atoms with Crippen molar-refractivity contribution in [3.8, 4) is 0 Å². The number of hydrogen-bond donors (Lipinski definition) is 0. The van der Waals surface area contributed by atoms with Crippen molar-refractivity contribution in [2.24, 2.45) is 0 Å². The monoisotopic (exact) mass is 436 g/mol.